The van der Waals surface area contributed by atoms with Gasteiger partial charge in [0.05, 0.1) is 26.4 Å². The van der Waals surface area contributed by atoms with Crippen molar-refractivity contribution in [3.05, 3.63) is 35.4 Å². The van der Waals surface area contributed by atoms with Crippen molar-refractivity contribution in [2.24, 2.45) is 0 Å². The molecule has 1 aliphatic heterocycles. The zero-order chi connectivity index (χ0) is 24.5. The summed E-state index contributed by atoms with van der Waals surface area (Å²) < 4.78 is 28.3. The minimum atomic E-state index is -0.931. The minimum Gasteiger partial charge on any atom is -0.464 e. The second-order valence-electron chi connectivity index (χ2n) is 6.98. The van der Waals surface area contributed by atoms with Crippen molar-refractivity contribution in [1.82, 2.24) is 19.6 Å². The Balaban J connectivity index is 1.93. The Bertz CT molecular complexity index is 1030. The van der Waals surface area contributed by atoms with Gasteiger partial charge in [-0.05, 0) is 19.9 Å². The number of carbonyl (C=O) groups is 4. The summed E-state index contributed by atoms with van der Waals surface area (Å²) in [6.07, 6.45) is 1.54. The van der Waals surface area contributed by atoms with Crippen LogP contribution in [0.2, 0.25) is 0 Å². The topological polar surface area (TPSA) is 150 Å². The zero-order valence-corrected chi connectivity index (χ0v) is 18.9. The fraction of sp³-hybridized carbons (Fsp3) is 0.524. The van der Waals surface area contributed by atoms with Gasteiger partial charge in [0.25, 0.3) is 0 Å². The van der Waals surface area contributed by atoms with E-state index in [0.29, 0.717) is 0 Å². The van der Waals surface area contributed by atoms with E-state index in [-0.39, 0.29) is 69.7 Å². The standard InChI is InChI=1S/C21H26N4O9/c1-3-31-19(27)15-13-17-21(29)34-12-10-30-9-11-33-18(26)14-5-7-24(22-14)16(20(28)32-4-2)6-8-25(17)23-15/h5,7,13,16H,3-4,6,8-12H2,1-2H3. The summed E-state index contributed by atoms with van der Waals surface area (Å²) in [7, 11) is 0. The molecule has 0 saturated carbocycles. The maximum Gasteiger partial charge on any atom is 0.358 e. The molecule has 0 amide bonds. The van der Waals surface area contributed by atoms with Gasteiger partial charge in [-0.1, -0.05) is 0 Å². The Morgan fingerprint density at radius 2 is 1.74 bits per heavy atom. The van der Waals surface area contributed by atoms with Crippen molar-refractivity contribution >= 4 is 23.9 Å². The molecule has 184 valence electrons. The Labute approximate surface area is 194 Å². The van der Waals surface area contributed by atoms with Crippen molar-refractivity contribution in [3.63, 3.8) is 0 Å². The molecule has 0 fully saturated rings. The number of ether oxygens (including phenoxy) is 5. The molecule has 1 atom stereocenters. The molecule has 1 aliphatic rings. The molecule has 3 heterocycles. The number of aromatic nitrogens is 4. The third-order valence-electron chi connectivity index (χ3n) is 4.71. The van der Waals surface area contributed by atoms with Gasteiger partial charge in [0.15, 0.2) is 17.4 Å². The molecule has 1 unspecified atom stereocenters. The molecule has 13 nitrogen and oxygen atoms in total. The predicted octanol–water partition coefficient (Wildman–Crippen LogP) is 0.795. The van der Waals surface area contributed by atoms with E-state index in [0.717, 1.165) is 0 Å². The van der Waals surface area contributed by atoms with Gasteiger partial charge >= 0.3 is 23.9 Å². The third-order valence-corrected chi connectivity index (χ3v) is 4.71. The monoisotopic (exact) mass is 478 g/mol. The Morgan fingerprint density at radius 1 is 1.03 bits per heavy atom. The highest BCUT2D eigenvalue weighted by atomic mass is 16.6. The van der Waals surface area contributed by atoms with E-state index >= 15 is 0 Å². The predicted molar refractivity (Wildman–Crippen MR) is 112 cm³/mol. The molecule has 0 N–H and O–H groups in total. The van der Waals surface area contributed by atoms with Gasteiger partial charge < -0.3 is 23.7 Å². The molecule has 13 heteroatoms. The number of esters is 4. The first-order valence-electron chi connectivity index (χ1n) is 10.8. The van der Waals surface area contributed by atoms with Crippen LogP contribution >= 0.6 is 0 Å². The summed E-state index contributed by atoms with van der Waals surface area (Å²) in [4.78, 5) is 49.6. The van der Waals surface area contributed by atoms with E-state index in [1.807, 2.05) is 0 Å². The number of hydrogen-bond donors (Lipinski definition) is 0. The Kier molecular flexibility index (Phi) is 8.73. The SMILES string of the molecule is CCOC(=O)c1cc2n(n1)CCC(C(=O)OCC)n1ccc(n1)C(=O)OCCOCCOC2=O. The van der Waals surface area contributed by atoms with Crippen LogP contribution in [0.15, 0.2) is 18.3 Å². The molecule has 34 heavy (non-hydrogen) atoms. The van der Waals surface area contributed by atoms with Gasteiger partial charge in [0.1, 0.15) is 18.9 Å². The lowest BCUT2D eigenvalue weighted by molar-refractivity contribution is -0.147. The van der Waals surface area contributed by atoms with E-state index < -0.39 is 29.9 Å². The highest BCUT2D eigenvalue weighted by Gasteiger charge is 2.27. The fourth-order valence-electron chi connectivity index (χ4n) is 3.15. The van der Waals surface area contributed by atoms with E-state index in [1.165, 1.54) is 27.7 Å². The average Bonchev–Trinajstić information content (AvgIpc) is 3.46. The van der Waals surface area contributed by atoms with Crippen LogP contribution in [0.5, 0.6) is 0 Å². The number of nitrogens with zero attached hydrogens (tertiary/aromatic N) is 4. The van der Waals surface area contributed by atoms with Crippen LogP contribution in [0.3, 0.4) is 0 Å². The van der Waals surface area contributed by atoms with Crippen LogP contribution < -0.4 is 0 Å². The van der Waals surface area contributed by atoms with Crippen LogP contribution in [-0.2, 0) is 35.0 Å². The molecule has 0 aliphatic carbocycles. The van der Waals surface area contributed by atoms with Crippen LogP contribution in [0.4, 0.5) is 0 Å². The Hall–Kier alpha value is -3.74. The molecule has 2 bridgehead atoms. The van der Waals surface area contributed by atoms with Crippen LogP contribution in [0.25, 0.3) is 0 Å². The third kappa shape index (κ3) is 6.19. The first kappa shape index (κ1) is 24.9. The van der Waals surface area contributed by atoms with Gasteiger partial charge in [-0.2, -0.15) is 10.2 Å². The summed E-state index contributed by atoms with van der Waals surface area (Å²) in [5.41, 5.74) is -0.0487. The lowest BCUT2D eigenvalue weighted by Gasteiger charge is -2.16. The van der Waals surface area contributed by atoms with E-state index in [1.54, 1.807) is 13.8 Å². The normalized spacial score (nSPS) is 17.6. The first-order valence-corrected chi connectivity index (χ1v) is 10.8. The molecule has 2 aromatic heterocycles. The smallest absolute Gasteiger partial charge is 0.358 e. The summed E-state index contributed by atoms with van der Waals surface area (Å²) in [6.45, 7) is 3.67. The van der Waals surface area contributed by atoms with Crippen LogP contribution in [0.1, 0.15) is 57.8 Å². The summed E-state index contributed by atoms with van der Waals surface area (Å²) >= 11 is 0. The molecule has 0 aromatic carbocycles. The maximum atomic E-state index is 12.6. The van der Waals surface area contributed by atoms with Gasteiger partial charge in [0, 0.05) is 25.2 Å². The molecule has 0 spiro atoms. The van der Waals surface area contributed by atoms with Crippen molar-refractivity contribution < 1.29 is 42.9 Å². The van der Waals surface area contributed by atoms with Gasteiger partial charge in [-0.3, -0.25) is 9.36 Å². The van der Waals surface area contributed by atoms with Crippen molar-refractivity contribution in [2.75, 3.05) is 39.6 Å². The number of cyclic esters (lactones) is 2. The highest BCUT2D eigenvalue weighted by molar-refractivity contribution is 5.93. The lowest BCUT2D eigenvalue weighted by Crippen LogP contribution is -2.25. The van der Waals surface area contributed by atoms with Crippen molar-refractivity contribution in [2.45, 2.75) is 32.9 Å². The highest BCUT2D eigenvalue weighted by Crippen LogP contribution is 2.18. The lowest BCUT2D eigenvalue weighted by atomic mass is 10.2. The molecular formula is C21H26N4O9. The molecular weight excluding hydrogens is 452 g/mol. The summed E-state index contributed by atoms with van der Waals surface area (Å²) in [5, 5.41) is 8.32. The zero-order valence-electron chi connectivity index (χ0n) is 18.9. The summed E-state index contributed by atoms with van der Waals surface area (Å²) in [5.74, 6) is -2.68. The minimum absolute atomic E-state index is 0.00893. The summed E-state index contributed by atoms with van der Waals surface area (Å²) in [6, 6.07) is 1.76. The van der Waals surface area contributed by atoms with Crippen molar-refractivity contribution in [1.29, 1.82) is 0 Å². The maximum absolute atomic E-state index is 12.6. The quantitative estimate of drug-likeness (QED) is 0.453. The Morgan fingerprint density at radius 3 is 2.44 bits per heavy atom. The number of rotatable bonds is 4. The molecule has 0 saturated heterocycles. The largest absolute Gasteiger partial charge is 0.464 e. The molecule has 0 radical (unpaired) electrons. The first-order chi connectivity index (χ1) is 16.4. The second kappa shape index (κ2) is 11.9. The van der Waals surface area contributed by atoms with Crippen molar-refractivity contribution in [3.8, 4) is 0 Å². The second-order valence-corrected chi connectivity index (χ2v) is 6.98. The average molecular weight is 478 g/mol. The molecule has 2 aromatic rings. The number of hydrogen-bond acceptors (Lipinski definition) is 11. The fourth-order valence-corrected chi connectivity index (χ4v) is 3.15. The van der Waals surface area contributed by atoms with Gasteiger partial charge in [0.2, 0.25) is 0 Å². The number of fused-ring (bicyclic) bond motifs is 3. The van der Waals surface area contributed by atoms with Gasteiger partial charge in [-0.25, -0.2) is 19.2 Å². The van der Waals surface area contributed by atoms with Crippen LogP contribution in [0, 0.1) is 0 Å². The van der Waals surface area contributed by atoms with Crippen LogP contribution in [-0.4, -0.2) is 83.1 Å². The number of aryl methyl sites for hydroxylation is 1. The number of carbonyl (C=O) groups excluding carboxylic acids is 4. The van der Waals surface area contributed by atoms with E-state index in [4.69, 9.17) is 23.7 Å². The molecule has 3 rings (SSSR count). The van der Waals surface area contributed by atoms with E-state index in [2.05, 4.69) is 10.2 Å². The van der Waals surface area contributed by atoms with E-state index in [9.17, 15) is 19.2 Å². The van der Waals surface area contributed by atoms with Gasteiger partial charge in [-0.15, -0.1) is 0 Å².